The largest absolute Gasteiger partial charge is 0.324 e. The minimum absolute atomic E-state index is 0.0496. The highest BCUT2D eigenvalue weighted by molar-refractivity contribution is 9.10. The van der Waals surface area contributed by atoms with E-state index in [2.05, 4.69) is 39.9 Å². The number of nitrogens with zero attached hydrogens (tertiary/aromatic N) is 3. The van der Waals surface area contributed by atoms with E-state index in [1.54, 1.807) is 0 Å². The Morgan fingerprint density at radius 1 is 1.32 bits per heavy atom. The summed E-state index contributed by atoms with van der Waals surface area (Å²) >= 11 is 3.49. The van der Waals surface area contributed by atoms with Crippen molar-refractivity contribution in [1.29, 1.82) is 0 Å². The Morgan fingerprint density at radius 3 is 2.63 bits per heavy atom. The van der Waals surface area contributed by atoms with E-state index in [0.717, 1.165) is 40.2 Å². The van der Waals surface area contributed by atoms with Gasteiger partial charge in [-0.15, -0.1) is 0 Å². The number of nitrogens with two attached hydrogens (primary N) is 1. The predicted molar refractivity (Wildman–Crippen MR) is 80.4 cm³/mol. The summed E-state index contributed by atoms with van der Waals surface area (Å²) in [6, 6.07) is 6.04. The molecule has 1 unspecified atom stereocenters. The number of hydrogen-bond acceptors (Lipinski definition) is 3. The first-order valence-corrected chi connectivity index (χ1v) is 7.36. The lowest BCUT2D eigenvalue weighted by Gasteiger charge is -2.14. The molecular formula is C14H19BrN4. The van der Waals surface area contributed by atoms with Gasteiger partial charge in [-0.3, -0.25) is 0 Å². The van der Waals surface area contributed by atoms with Crippen LogP contribution in [0, 0.1) is 0 Å². The van der Waals surface area contributed by atoms with Crippen molar-refractivity contribution < 1.29 is 0 Å². The highest BCUT2D eigenvalue weighted by Crippen LogP contribution is 2.25. The maximum Gasteiger partial charge on any atom is 0.151 e. The Morgan fingerprint density at radius 2 is 2.05 bits per heavy atom. The van der Waals surface area contributed by atoms with Crippen LogP contribution in [0.5, 0.6) is 0 Å². The van der Waals surface area contributed by atoms with E-state index in [4.69, 9.17) is 5.73 Å². The lowest BCUT2D eigenvalue weighted by Crippen LogP contribution is -2.12. The summed E-state index contributed by atoms with van der Waals surface area (Å²) in [5.74, 6) is 1.84. The van der Waals surface area contributed by atoms with Crippen molar-refractivity contribution in [2.45, 2.75) is 39.7 Å². The lowest BCUT2D eigenvalue weighted by molar-refractivity contribution is 0.747. The smallest absolute Gasteiger partial charge is 0.151 e. The van der Waals surface area contributed by atoms with E-state index in [1.165, 1.54) is 0 Å². The fourth-order valence-corrected chi connectivity index (χ4v) is 2.43. The average molecular weight is 323 g/mol. The number of rotatable bonds is 4. The molecular weight excluding hydrogens is 304 g/mol. The molecule has 0 fully saturated rings. The molecule has 2 aromatic rings. The van der Waals surface area contributed by atoms with Gasteiger partial charge in [0.15, 0.2) is 5.82 Å². The molecule has 0 radical (unpaired) electrons. The van der Waals surface area contributed by atoms with E-state index in [9.17, 15) is 0 Å². The number of aromatic nitrogens is 3. The zero-order chi connectivity index (χ0) is 14.0. The molecule has 4 nitrogen and oxygen atoms in total. The molecule has 5 heteroatoms. The molecule has 0 bridgehead atoms. The molecule has 1 aromatic heterocycles. The predicted octanol–water partition coefficient (Wildman–Crippen LogP) is 3.17. The van der Waals surface area contributed by atoms with Crippen LogP contribution in [0.1, 0.15) is 44.0 Å². The van der Waals surface area contributed by atoms with Crippen molar-refractivity contribution in [2.24, 2.45) is 5.73 Å². The van der Waals surface area contributed by atoms with Crippen LogP contribution in [0.2, 0.25) is 0 Å². The molecule has 19 heavy (non-hydrogen) atoms. The summed E-state index contributed by atoms with van der Waals surface area (Å²) in [7, 11) is 0. The Balaban J connectivity index is 2.60. The third kappa shape index (κ3) is 2.87. The van der Waals surface area contributed by atoms with Crippen LogP contribution in [-0.4, -0.2) is 14.8 Å². The molecule has 2 N–H and O–H groups in total. The highest BCUT2D eigenvalue weighted by Gasteiger charge is 2.14. The molecule has 0 spiro atoms. The second-order valence-electron chi connectivity index (χ2n) is 4.55. The number of halogens is 1. The van der Waals surface area contributed by atoms with E-state index in [0.29, 0.717) is 0 Å². The quantitative estimate of drug-likeness (QED) is 0.940. The molecule has 0 saturated carbocycles. The Labute approximate surface area is 122 Å². The zero-order valence-corrected chi connectivity index (χ0v) is 13.1. The van der Waals surface area contributed by atoms with Gasteiger partial charge < -0.3 is 5.73 Å². The molecule has 1 heterocycles. The van der Waals surface area contributed by atoms with Crippen LogP contribution in [0.25, 0.3) is 5.69 Å². The van der Waals surface area contributed by atoms with Crippen LogP contribution < -0.4 is 5.73 Å². The second-order valence-corrected chi connectivity index (χ2v) is 5.47. The van der Waals surface area contributed by atoms with Crippen molar-refractivity contribution in [3.8, 4) is 5.69 Å². The van der Waals surface area contributed by atoms with Crippen molar-refractivity contribution >= 4 is 15.9 Å². The minimum Gasteiger partial charge on any atom is -0.324 e. The molecule has 1 atom stereocenters. The molecule has 0 aliphatic heterocycles. The first kappa shape index (κ1) is 14.2. The average Bonchev–Trinajstić information content (AvgIpc) is 2.81. The van der Waals surface area contributed by atoms with Gasteiger partial charge in [0.05, 0.1) is 5.69 Å². The van der Waals surface area contributed by atoms with E-state index < -0.39 is 0 Å². The van der Waals surface area contributed by atoms with Gasteiger partial charge in [0, 0.05) is 23.4 Å². The first-order chi connectivity index (χ1) is 9.06. The van der Waals surface area contributed by atoms with Gasteiger partial charge in [-0.1, -0.05) is 29.8 Å². The van der Waals surface area contributed by atoms with Crippen molar-refractivity contribution in [3.05, 3.63) is 39.9 Å². The Kier molecular flexibility index (Phi) is 4.37. The highest BCUT2D eigenvalue weighted by atomic mass is 79.9. The SMILES string of the molecule is CCc1nc(CC)n(-c2ccc(Br)cc2C(C)N)n1. The molecule has 2 rings (SSSR count). The molecule has 0 saturated heterocycles. The zero-order valence-electron chi connectivity index (χ0n) is 11.5. The molecule has 102 valence electrons. The van der Waals surface area contributed by atoms with Crippen LogP contribution in [0.15, 0.2) is 22.7 Å². The number of aryl methyl sites for hydroxylation is 2. The van der Waals surface area contributed by atoms with Crippen molar-refractivity contribution in [2.75, 3.05) is 0 Å². The van der Waals surface area contributed by atoms with Gasteiger partial charge in [0.1, 0.15) is 5.82 Å². The van der Waals surface area contributed by atoms with E-state index in [1.807, 2.05) is 29.8 Å². The van der Waals surface area contributed by atoms with E-state index in [-0.39, 0.29) is 6.04 Å². The summed E-state index contributed by atoms with van der Waals surface area (Å²) < 4.78 is 2.95. The van der Waals surface area contributed by atoms with Crippen LogP contribution in [0.3, 0.4) is 0 Å². The number of hydrogen-bond donors (Lipinski definition) is 1. The van der Waals surface area contributed by atoms with Crippen molar-refractivity contribution in [3.63, 3.8) is 0 Å². The summed E-state index contributed by atoms with van der Waals surface area (Å²) in [6.45, 7) is 6.13. The van der Waals surface area contributed by atoms with Crippen LogP contribution in [-0.2, 0) is 12.8 Å². The number of benzene rings is 1. The maximum atomic E-state index is 6.07. The normalized spacial score (nSPS) is 12.7. The van der Waals surface area contributed by atoms with Gasteiger partial charge in [-0.05, 0) is 30.7 Å². The Hall–Kier alpha value is -1.20. The van der Waals surface area contributed by atoms with Gasteiger partial charge in [-0.25, -0.2) is 9.67 Å². The fourth-order valence-electron chi connectivity index (χ4n) is 2.05. The van der Waals surface area contributed by atoms with Gasteiger partial charge in [0.25, 0.3) is 0 Å². The third-order valence-electron chi connectivity index (χ3n) is 3.06. The van der Waals surface area contributed by atoms with Crippen LogP contribution >= 0.6 is 15.9 Å². The maximum absolute atomic E-state index is 6.07. The van der Waals surface area contributed by atoms with Gasteiger partial charge in [0.2, 0.25) is 0 Å². The van der Waals surface area contributed by atoms with Gasteiger partial charge >= 0.3 is 0 Å². The fraction of sp³-hybridized carbons (Fsp3) is 0.429. The topological polar surface area (TPSA) is 56.7 Å². The molecule has 0 aliphatic rings. The van der Waals surface area contributed by atoms with E-state index >= 15 is 0 Å². The first-order valence-electron chi connectivity index (χ1n) is 6.57. The second kappa shape index (κ2) is 5.84. The molecule has 0 aliphatic carbocycles. The van der Waals surface area contributed by atoms with Gasteiger partial charge in [-0.2, -0.15) is 5.10 Å². The van der Waals surface area contributed by atoms with Crippen LogP contribution in [0.4, 0.5) is 0 Å². The minimum atomic E-state index is -0.0496. The molecule has 0 amide bonds. The monoisotopic (exact) mass is 322 g/mol. The Bertz CT molecular complexity index is 575. The lowest BCUT2D eigenvalue weighted by atomic mass is 10.1. The summed E-state index contributed by atoms with van der Waals surface area (Å²) in [6.07, 6.45) is 1.69. The summed E-state index contributed by atoms with van der Waals surface area (Å²) in [5.41, 5.74) is 8.15. The summed E-state index contributed by atoms with van der Waals surface area (Å²) in [5, 5.41) is 4.58. The summed E-state index contributed by atoms with van der Waals surface area (Å²) in [4.78, 5) is 4.55. The third-order valence-corrected chi connectivity index (χ3v) is 3.55. The van der Waals surface area contributed by atoms with Crippen molar-refractivity contribution in [1.82, 2.24) is 14.8 Å². The standard InChI is InChI=1S/C14H19BrN4/c1-4-13-17-14(5-2)19(18-13)12-7-6-10(15)8-11(12)9(3)16/h6-9H,4-5,16H2,1-3H3. The molecule has 1 aromatic carbocycles.